The molecule has 0 amide bonds. The Morgan fingerprint density at radius 3 is 2.30 bits per heavy atom. The molecule has 1 aromatic rings. The summed E-state index contributed by atoms with van der Waals surface area (Å²) in [7, 11) is 0. The van der Waals surface area contributed by atoms with E-state index in [4.69, 9.17) is 16.7 Å². The molecule has 52 valence electrons. The van der Waals surface area contributed by atoms with Crippen LogP contribution in [0, 0.1) is 0 Å². The zero-order chi connectivity index (χ0) is 7.40. The molecule has 0 fully saturated rings. The maximum atomic E-state index is 8.87. The Balaban J connectivity index is 2.89. The topological polar surface area (TPSA) is 20.2 Å². The van der Waals surface area contributed by atoms with Crippen molar-refractivity contribution in [2.45, 2.75) is 0 Å². The van der Waals surface area contributed by atoms with E-state index in [0.29, 0.717) is 0 Å². The number of hydrogen-bond donors (Lipinski definition) is 1. The average molecular weight is 155 g/mol. The van der Waals surface area contributed by atoms with E-state index in [-0.39, 0.29) is 5.75 Å². The van der Waals surface area contributed by atoms with Gasteiger partial charge in [0, 0.05) is 5.54 Å². The van der Waals surface area contributed by atoms with Crippen LogP contribution in [0.3, 0.4) is 0 Å². The Hall–Kier alpha value is -0.950. The van der Waals surface area contributed by atoms with Crippen molar-refractivity contribution in [3.8, 4) is 5.75 Å². The second-order valence-corrected chi connectivity index (χ2v) is 2.14. The summed E-state index contributed by atoms with van der Waals surface area (Å²) in [5, 5.41) is 8.87. The molecule has 0 aromatic heterocycles. The van der Waals surface area contributed by atoms with Gasteiger partial charge in [0.1, 0.15) is 5.75 Å². The molecule has 0 aliphatic heterocycles. The van der Waals surface area contributed by atoms with Crippen LogP contribution in [-0.4, -0.2) is 5.11 Å². The first-order valence-corrected chi connectivity index (χ1v) is 3.32. The number of benzene rings is 1. The lowest BCUT2D eigenvalue weighted by Gasteiger charge is -1.91. The molecule has 0 saturated heterocycles. The van der Waals surface area contributed by atoms with Gasteiger partial charge in [-0.2, -0.15) is 0 Å². The Morgan fingerprint density at radius 2 is 1.80 bits per heavy atom. The standard InChI is InChI=1S/C8H7ClO/c9-6-5-7-1-3-8(10)4-2-7/h1-6,10H/b6-5+. The van der Waals surface area contributed by atoms with Crippen LogP contribution in [0.25, 0.3) is 6.08 Å². The fourth-order valence-electron chi connectivity index (χ4n) is 0.658. The lowest BCUT2D eigenvalue weighted by Crippen LogP contribution is -1.68. The van der Waals surface area contributed by atoms with Crippen LogP contribution in [0.1, 0.15) is 5.56 Å². The molecule has 0 spiro atoms. The van der Waals surface area contributed by atoms with Gasteiger partial charge < -0.3 is 5.11 Å². The first kappa shape index (κ1) is 7.16. The van der Waals surface area contributed by atoms with Crippen molar-refractivity contribution in [2.75, 3.05) is 0 Å². The minimum absolute atomic E-state index is 0.270. The normalized spacial score (nSPS) is 10.5. The third-order valence-corrected chi connectivity index (χ3v) is 1.27. The van der Waals surface area contributed by atoms with Gasteiger partial charge >= 0.3 is 0 Å². The van der Waals surface area contributed by atoms with Gasteiger partial charge in [0.25, 0.3) is 0 Å². The van der Waals surface area contributed by atoms with Crippen LogP contribution in [0.5, 0.6) is 5.75 Å². The predicted molar refractivity (Wildman–Crippen MR) is 43.0 cm³/mol. The van der Waals surface area contributed by atoms with Crippen LogP contribution in [-0.2, 0) is 0 Å². The quantitative estimate of drug-likeness (QED) is 0.659. The van der Waals surface area contributed by atoms with Crippen molar-refractivity contribution in [1.82, 2.24) is 0 Å². The van der Waals surface area contributed by atoms with Gasteiger partial charge in [0.05, 0.1) is 0 Å². The third-order valence-electron chi connectivity index (χ3n) is 1.15. The van der Waals surface area contributed by atoms with Crippen LogP contribution in [0.4, 0.5) is 0 Å². The Morgan fingerprint density at radius 1 is 1.20 bits per heavy atom. The second kappa shape index (κ2) is 3.28. The van der Waals surface area contributed by atoms with Crippen molar-refractivity contribution < 1.29 is 5.11 Å². The number of aromatic hydroxyl groups is 1. The van der Waals surface area contributed by atoms with Crippen molar-refractivity contribution in [3.05, 3.63) is 35.4 Å². The number of hydrogen-bond acceptors (Lipinski definition) is 1. The van der Waals surface area contributed by atoms with E-state index in [1.54, 1.807) is 30.3 Å². The predicted octanol–water partition coefficient (Wildman–Crippen LogP) is 2.60. The van der Waals surface area contributed by atoms with E-state index >= 15 is 0 Å². The summed E-state index contributed by atoms with van der Waals surface area (Å²) in [6, 6.07) is 6.81. The maximum absolute atomic E-state index is 8.87. The number of halogens is 1. The smallest absolute Gasteiger partial charge is 0.115 e. The van der Waals surface area contributed by atoms with E-state index in [2.05, 4.69) is 0 Å². The minimum Gasteiger partial charge on any atom is -0.508 e. The summed E-state index contributed by atoms with van der Waals surface area (Å²) in [6.07, 6.45) is 1.75. The SMILES string of the molecule is Oc1ccc(/C=C/Cl)cc1. The van der Waals surface area contributed by atoms with E-state index in [9.17, 15) is 0 Å². The van der Waals surface area contributed by atoms with Crippen LogP contribution >= 0.6 is 11.6 Å². The van der Waals surface area contributed by atoms with Gasteiger partial charge in [-0.05, 0) is 23.8 Å². The molecule has 1 aromatic carbocycles. The van der Waals surface area contributed by atoms with Crippen molar-refractivity contribution in [2.24, 2.45) is 0 Å². The molecule has 0 bridgehead atoms. The highest BCUT2D eigenvalue weighted by Crippen LogP contribution is 2.10. The lowest BCUT2D eigenvalue weighted by atomic mass is 10.2. The van der Waals surface area contributed by atoms with Crippen LogP contribution in [0.2, 0.25) is 0 Å². The summed E-state index contributed by atoms with van der Waals surface area (Å²) in [5.41, 5.74) is 2.42. The maximum Gasteiger partial charge on any atom is 0.115 e. The highest BCUT2D eigenvalue weighted by atomic mass is 35.5. The van der Waals surface area contributed by atoms with E-state index in [1.807, 2.05) is 0 Å². The molecule has 2 heteroatoms. The largest absolute Gasteiger partial charge is 0.508 e. The van der Waals surface area contributed by atoms with E-state index < -0.39 is 0 Å². The van der Waals surface area contributed by atoms with Gasteiger partial charge in [0.15, 0.2) is 0 Å². The number of phenolic OH excluding ortho intramolecular Hbond substituents is 1. The molecule has 1 rings (SSSR count). The zero-order valence-corrected chi connectivity index (χ0v) is 6.05. The molecule has 1 nitrogen and oxygen atoms in total. The molecular formula is C8H7ClO. The van der Waals surface area contributed by atoms with Gasteiger partial charge in [-0.25, -0.2) is 0 Å². The summed E-state index contributed by atoms with van der Waals surface area (Å²) >= 11 is 5.33. The zero-order valence-electron chi connectivity index (χ0n) is 5.29. The highest BCUT2D eigenvalue weighted by molar-refractivity contribution is 6.27. The Labute approximate surface area is 64.6 Å². The van der Waals surface area contributed by atoms with Crippen LogP contribution < -0.4 is 0 Å². The van der Waals surface area contributed by atoms with Crippen molar-refractivity contribution >= 4 is 17.7 Å². The van der Waals surface area contributed by atoms with Crippen molar-refractivity contribution in [1.29, 1.82) is 0 Å². The second-order valence-electron chi connectivity index (χ2n) is 1.88. The summed E-state index contributed by atoms with van der Waals surface area (Å²) < 4.78 is 0. The molecule has 0 unspecified atom stereocenters. The third kappa shape index (κ3) is 1.78. The molecule has 10 heavy (non-hydrogen) atoms. The fraction of sp³-hybridized carbons (Fsp3) is 0. The van der Waals surface area contributed by atoms with E-state index in [1.165, 1.54) is 5.54 Å². The molecule has 0 heterocycles. The summed E-state index contributed by atoms with van der Waals surface area (Å²) in [5.74, 6) is 0.270. The molecular weight excluding hydrogens is 148 g/mol. The molecule has 0 atom stereocenters. The molecule has 0 radical (unpaired) electrons. The number of phenols is 1. The molecule has 0 saturated carbocycles. The Bertz CT molecular complexity index is 226. The average Bonchev–Trinajstić information content (AvgIpc) is 1.95. The van der Waals surface area contributed by atoms with Gasteiger partial charge in [-0.1, -0.05) is 23.7 Å². The van der Waals surface area contributed by atoms with Gasteiger partial charge in [0.2, 0.25) is 0 Å². The van der Waals surface area contributed by atoms with Crippen LogP contribution in [0.15, 0.2) is 29.8 Å². The van der Waals surface area contributed by atoms with Crippen molar-refractivity contribution in [3.63, 3.8) is 0 Å². The first-order chi connectivity index (χ1) is 4.83. The molecule has 0 aliphatic carbocycles. The Kier molecular flexibility index (Phi) is 2.35. The van der Waals surface area contributed by atoms with Gasteiger partial charge in [-0.15, -0.1) is 0 Å². The fourth-order valence-corrected chi connectivity index (χ4v) is 0.804. The number of rotatable bonds is 1. The minimum atomic E-state index is 0.270. The molecule has 1 N–H and O–H groups in total. The summed E-state index contributed by atoms with van der Waals surface area (Å²) in [6.45, 7) is 0. The highest BCUT2D eigenvalue weighted by Gasteiger charge is 1.85. The van der Waals surface area contributed by atoms with Gasteiger partial charge in [-0.3, -0.25) is 0 Å². The van der Waals surface area contributed by atoms with E-state index in [0.717, 1.165) is 5.56 Å². The monoisotopic (exact) mass is 154 g/mol. The lowest BCUT2D eigenvalue weighted by molar-refractivity contribution is 0.475. The first-order valence-electron chi connectivity index (χ1n) is 2.89. The molecule has 0 aliphatic rings. The summed E-state index contributed by atoms with van der Waals surface area (Å²) in [4.78, 5) is 0.